The number of furan rings is 1. The number of nitro benzene ring substituents is 1. The van der Waals surface area contributed by atoms with Gasteiger partial charge in [0, 0.05) is 17.7 Å². The van der Waals surface area contributed by atoms with E-state index in [4.69, 9.17) is 4.42 Å². The fraction of sp³-hybridized carbons (Fsp3) is 0.353. The zero-order valence-corrected chi connectivity index (χ0v) is 16.8. The van der Waals surface area contributed by atoms with Crippen molar-refractivity contribution in [3.63, 3.8) is 0 Å². The Morgan fingerprint density at radius 3 is 2.44 bits per heavy atom. The molecule has 0 saturated carbocycles. The summed E-state index contributed by atoms with van der Waals surface area (Å²) in [5.74, 6) is 1.46. The fourth-order valence-corrected chi connectivity index (χ4v) is 1.97. The molecule has 1 aromatic heterocycles. The number of hydrogen-bond acceptors (Lipinski definition) is 4. The molecule has 0 saturated heterocycles. The van der Waals surface area contributed by atoms with E-state index >= 15 is 0 Å². The van der Waals surface area contributed by atoms with Crippen molar-refractivity contribution >= 4 is 35.6 Å². The number of nitro groups is 1. The second kappa shape index (κ2) is 9.40. The summed E-state index contributed by atoms with van der Waals surface area (Å²) in [6, 6.07) is 10.1. The molecule has 0 aliphatic rings. The first-order valence-electron chi connectivity index (χ1n) is 7.66. The van der Waals surface area contributed by atoms with E-state index in [1.807, 2.05) is 32.9 Å². The monoisotopic (exact) mass is 458 g/mol. The molecule has 0 amide bonds. The van der Waals surface area contributed by atoms with E-state index in [0.717, 1.165) is 11.3 Å². The van der Waals surface area contributed by atoms with Gasteiger partial charge in [0.1, 0.15) is 5.76 Å². The van der Waals surface area contributed by atoms with Gasteiger partial charge in [-0.15, -0.1) is 24.0 Å². The molecular formula is C17H23IN4O3. The van der Waals surface area contributed by atoms with E-state index in [9.17, 15) is 10.1 Å². The van der Waals surface area contributed by atoms with Crippen LogP contribution in [-0.4, -0.2) is 16.4 Å². The average Bonchev–Trinajstić information content (AvgIpc) is 3.02. The van der Waals surface area contributed by atoms with Crippen LogP contribution in [0, 0.1) is 10.1 Å². The van der Waals surface area contributed by atoms with E-state index in [2.05, 4.69) is 15.6 Å². The van der Waals surface area contributed by atoms with Crippen LogP contribution in [0.25, 0.3) is 0 Å². The van der Waals surface area contributed by atoms with Crippen LogP contribution in [0.5, 0.6) is 0 Å². The summed E-state index contributed by atoms with van der Waals surface area (Å²) in [5.41, 5.74) is 0.824. The number of hydrogen-bond donors (Lipinski definition) is 2. The van der Waals surface area contributed by atoms with Crippen LogP contribution in [0.4, 0.5) is 5.69 Å². The van der Waals surface area contributed by atoms with Gasteiger partial charge < -0.3 is 15.1 Å². The van der Waals surface area contributed by atoms with Gasteiger partial charge in [0.2, 0.25) is 0 Å². The smallest absolute Gasteiger partial charge is 0.269 e. The lowest BCUT2D eigenvalue weighted by molar-refractivity contribution is -0.384. The van der Waals surface area contributed by atoms with Crippen molar-refractivity contribution in [2.45, 2.75) is 39.4 Å². The minimum atomic E-state index is -0.412. The van der Waals surface area contributed by atoms with Crippen LogP contribution in [0.3, 0.4) is 0 Å². The predicted molar refractivity (Wildman–Crippen MR) is 108 cm³/mol. The molecule has 0 radical (unpaired) electrons. The van der Waals surface area contributed by atoms with Gasteiger partial charge in [0.15, 0.2) is 5.96 Å². The summed E-state index contributed by atoms with van der Waals surface area (Å²) < 4.78 is 5.30. The van der Waals surface area contributed by atoms with Crippen molar-refractivity contribution in [1.82, 2.24) is 10.6 Å². The van der Waals surface area contributed by atoms with Gasteiger partial charge in [0.05, 0.1) is 24.3 Å². The highest BCUT2D eigenvalue weighted by atomic mass is 127. The number of benzene rings is 1. The lowest BCUT2D eigenvalue weighted by atomic mass is 10.1. The summed E-state index contributed by atoms with van der Waals surface area (Å²) >= 11 is 0. The fourth-order valence-electron chi connectivity index (χ4n) is 1.97. The molecule has 0 unspecified atom stereocenters. The Labute approximate surface area is 164 Å². The Bertz CT molecular complexity index is 692. The summed E-state index contributed by atoms with van der Waals surface area (Å²) in [5, 5.41) is 17.2. The van der Waals surface area contributed by atoms with Crippen LogP contribution in [0.1, 0.15) is 32.1 Å². The molecular weight excluding hydrogens is 435 g/mol. The molecule has 1 heterocycles. The Kier molecular flexibility index (Phi) is 7.88. The third-order valence-corrected chi connectivity index (χ3v) is 3.07. The minimum Gasteiger partial charge on any atom is -0.467 e. The maximum absolute atomic E-state index is 10.7. The third-order valence-electron chi connectivity index (χ3n) is 3.07. The van der Waals surface area contributed by atoms with E-state index in [0.29, 0.717) is 19.0 Å². The highest BCUT2D eigenvalue weighted by Gasteiger charge is 2.12. The number of rotatable bonds is 5. The number of nitrogens with one attached hydrogen (secondary N) is 2. The first-order chi connectivity index (χ1) is 11.3. The zero-order chi connectivity index (χ0) is 17.6. The molecule has 0 atom stereocenters. The van der Waals surface area contributed by atoms with Crippen molar-refractivity contribution in [3.8, 4) is 0 Å². The minimum absolute atomic E-state index is 0. The quantitative estimate of drug-likeness (QED) is 0.234. The first kappa shape index (κ1) is 20.9. The molecule has 0 aliphatic heterocycles. The molecule has 8 heteroatoms. The summed E-state index contributed by atoms with van der Waals surface area (Å²) in [6.45, 7) is 7.08. The molecule has 7 nitrogen and oxygen atoms in total. The molecule has 25 heavy (non-hydrogen) atoms. The van der Waals surface area contributed by atoms with Crippen molar-refractivity contribution < 1.29 is 9.34 Å². The molecule has 2 N–H and O–H groups in total. The molecule has 0 spiro atoms. The maximum Gasteiger partial charge on any atom is 0.269 e. The number of halogens is 1. The average molecular weight is 458 g/mol. The van der Waals surface area contributed by atoms with Crippen molar-refractivity contribution in [2.75, 3.05) is 0 Å². The van der Waals surface area contributed by atoms with Gasteiger partial charge in [-0.3, -0.25) is 10.1 Å². The van der Waals surface area contributed by atoms with Gasteiger partial charge in [-0.05, 0) is 38.5 Å². The molecule has 136 valence electrons. The second-order valence-corrected chi connectivity index (χ2v) is 6.40. The number of non-ortho nitro benzene ring substituents is 1. The van der Waals surface area contributed by atoms with Crippen LogP contribution in [0.15, 0.2) is 52.1 Å². The Morgan fingerprint density at radius 2 is 1.92 bits per heavy atom. The van der Waals surface area contributed by atoms with Crippen molar-refractivity contribution in [2.24, 2.45) is 4.99 Å². The number of guanidine groups is 1. The lowest BCUT2D eigenvalue weighted by Crippen LogP contribution is -2.47. The van der Waals surface area contributed by atoms with Crippen LogP contribution < -0.4 is 10.6 Å². The van der Waals surface area contributed by atoms with Gasteiger partial charge in [-0.1, -0.05) is 12.1 Å². The molecule has 0 fully saturated rings. The molecule has 0 aliphatic carbocycles. The van der Waals surface area contributed by atoms with E-state index in [1.165, 1.54) is 12.1 Å². The van der Waals surface area contributed by atoms with Gasteiger partial charge in [0.25, 0.3) is 5.69 Å². The third kappa shape index (κ3) is 7.55. The highest BCUT2D eigenvalue weighted by molar-refractivity contribution is 14.0. The number of nitrogens with zero attached hydrogens (tertiary/aromatic N) is 2. The predicted octanol–water partition coefficient (Wildman–Crippen LogP) is 3.84. The standard InChI is InChI=1S/C17H22N4O3.HI/c1-17(2,3)20-16(19-12-15-5-4-10-24-15)18-11-13-6-8-14(9-7-13)21(22)23;/h4-10H,11-12H2,1-3H3,(H2,18,19,20);1H. The molecule has 2 aromatic rings. The van der Waals surface area contributed by atoms with Crippen LogP contribution in [-0.2, 0) is 13.1 Å². The van der Waals surface area contributed by atoms with E-state index in [1.54, 1.807) is 18.4 Å². The molecule has 1 aromatic carbocycles. The lowest BCUT2D eigenvalue weighted by Gasteiger charge is -2.24. The van der Waals surface area contributed by atoms with Crippen LogP contribution in [0.2, 0.25) is 0 Å². The second-order valence-electron chi connectivity index (χ2n) is 6.40. The zero-order valence-electron chi connectivity index (χ0n) is 14.5. The normalized spacial score (nSPS) is 11.6. The van der Waals surface area contributed by atoms with Gasteiger partial charge in [-0.2, -0.15) is 0 Å². The summed E-state index contributed by atoms with van der Waals surface area (Å²) in [7, 11) is 0. The van der Waals surface area contributed by atoms with E-state index in [-0.39, 0.29) is 35.2 Å². The van der Waals surface area contributed by atoms with E-state index < -0.39 is 4.92 Å². The SMILES string of the molecule is CC(C)(C)NC(=NCc1ccc([N+](=O)[O-])cc1)NCc1ccco1.I. The highest BCUT2D eigenvalue weighted by Crippen LogP contribution is 2.12. The first-order valence-corrected chi connectivity index (χ1v) is 7.66. The Morgan fingerprint density at radius 1 is 1.24 bits per heavy atom. The molecule has 2 rings (SSSR count). The summed E-state index contributed by atoms with van der Waals surface area (Å²) in [4.78, 5) is 14.8. The van der Waals surface area contributed by atoms with Crippen molar-refractivity contribution in [1.29, 1.82) is 0 Å². The van der Waals surface area contributed by atoms with Crippen molar-refractivity contribution in [3.05, 3.63) is 64.1 Å². The van der Waals surface area contributed by atoms with Gasteiger partial charge in [-0.25, -0.2) is 4.99 Å². The number of aliphatic imine (C=N–C) groups is 1. The van der Waals surface area contributed by atoms with Crippen LogP contribution >= 0.6 is 24.0 Å². The maximum atomic E-state index is 10.7. The largest absolute Gasteiger partial charge is 0.467 e. The Hall–Kier alpha value is -2.10. The van der Waals surface area contributed by atoms with Gasteiger partial charge >= 0.3 is 0 Å². The molecule has 0 bridgehead atoms. The summed E-state index contributed by atoms with van der Waals surface area (Å²) in [6.07, 6.45) is 1.63. The topological polar surface area (TPSA) is 92.7 Å². The Balaban J connectivity index is 0.00000312.